The molecular formula is C18H18Cl2NiP-3. The molecule has 0 aliphatic heterocycles. The maximum Gasteiger partial charge on any atom is -0.171 e. The van der Waals surface area contributed by atoms with Crippen molar-refractivity contribution in [2.24, 2.45) is 0 Å². The van der Waals surface area contributed by atoms with Crippen LogP contribution in [-0.2, 0) is 12.7 Å². The Morgan fingerprint density at radius 3 is 0.682 bits per heavy atom. The second-order valence-electron chi connectivity index (χ2n) is 3.28. The molecule has 0 fully saturated rings. The van der Waals surface area contributed by atoms with Gasteiger partial charge < -0.3 is 0 Å². The molecule has 1 atom stereocenters. The standard InChI is InChI=1S/3C6H5.2ClH.Ni.H3P/c3*1-2-4-6-5-3-1;;;;/h3*1-5H;2*1H;;1H3/q3*-1;;;+2;/p-2. The van der Waals surface area contributed by atoms with E-state index in [0.29, 0.717) is 12.7 Å². The molecule has 0 bridgehead atoms. The zero-order chi connectivity index (χ0) is 15.4. The van der Waals surface area contributed by atoms with Crippen LogP contribution in [0, 0.1) is 18.2 Å². The van der Waals surface area contributed by atoms with Gasteiger partial charge in [-0.3, -0.25) is 0 Å². The van der Waals surface area contributed by atoms with Crippen LogP contribution in [-0.4, -0.2) is 0 Å². The fourth-order valence-corrected chi connectivity index (χ4v) is 1.03. The molecule has 0 heterocycles. The Bertz CT molecular complexity index is 326. The van der Waals surface area contributed by atoms with Crippen molar-refractivity contribution in [3.05, 3.63) is 109 Å². The van der Waals surface area contributed by atoms with Gasteiger partial charge in [-0.05, 0) is 0 Å². The molecule has 0 radical (unpaired) electrons. The summed E-state index contributed by atoms with van der Waals surface area (Å²) in [6.45, 7) is 0. The van der Waals surface area contributed by atoms with Crippen molar-refractivity contribution in [1.82, 2.24) is 0 Å². The van der Waals surface area contributed by atoms with Gasteiger partial charge in [0.1, 0.15) is 0 Å². The number of rotatable bonds is 0. The van der Waals surface area contributed by atoms with Crippen molar-refractivity contribution in [3.8, 4) is 0 Å². The summed E-state index contributed by atoms with van der Waals surface area (Å²) in [5.74, 6) is 0. The van der Waals surface area contributed by atoms with Gasteiger partial charge in [0.15, 0.2) is 0 Å². The Morgan fingerprint density at radius 2 is 0.636 bits per heavy atom. The Hall–Kier alpha value is -0.836. The first-order valence-corrected chi connectivity index (χ1v) is 8.69. The number of halogens is 2. The molecule has 0 aliphatic carbocycles. The van der Waals surface area contributed by atoms with Gasteiger partial charge in [-0.25, -0.2) is 0 Å². The molecule has 122 valence electrons. The summed E-state index contributed by atoms with van der Waals surface area (Å²) in [6.07, 6.45) is 0. The van der Waals surface area contributed by atoms with Crippen molar-refractivity contribution in [3.63, 3.8) is 0 Å². The molecule has 0 saturated carbocycles. The van der Waals surface area contributed by atoms with Gasteiger partial charge in [0.25, 0.3) is 0 Å². The Labute approximate surface area is 151 Å². The number of hydrogen-bond acceptors (Lipinski definition) is 0. The van der Waals surface area contributed by atoms with E-state index in [0.717, 1.165) is 0 Å². The van der Waals surface area contributed by atoms with Crippen LogP contribution in [0.5, 0.6) is 0 Å². The fourth-order valence-electron chi connectivity index (χ4n) is 1.03. The van der Waals surface area contributed by atoms with E-state index in [1.54, 1.807) is 0 Å². The molecule has 0 saturated heterocycles. The predicted molar refractivity (Wildman–Crippen MR) is 98.6 cm³/mol. The molecule has 0 nitrogen and oxygen atoms in total. The van der Waals surface area contributed by atoms with Gasteiger partial charge in [-0.1, -0.05) is 0 Å². The van der Waals surface area contributed by atoms with E-state index in [1.807, 2.05) is 91.0 Å². The molecule has 0 N–H and O–H groups in total. The third kappa shape index (κ3) is 21.5. The minimum absolute atomic E-state index is 0. The Kier molecular flexibility index (Phi) is 23.9. The molecule has 4 heteroatoms. The minimum Gasteiger partial charge on any atom is -0.184 e. The van der Waals surface area contributed by atoms with E-state index in [1.165, 1.54) is 0 Å². The van der Waals surface area contributed by atoms with Gasteiger partial charge in [-0.2, -0.15) is 119 Å². The second kappa shape index (κ2) is 22.4. The topological polar surface area (TPSA) is 0 Å². The van der Waals surface area contributed by atoms with E-state index in [4.69, 9.17) is 20.4 Å². The fraction of sp³-hybridized carbons (Fsp3) is 0. The van der Waals surface area contributed by atoms with Crippen LogP contribution in [0.3, 0.4) is 0 Å². The van der Waals surface area contributed by atoms with E-state index in [9.17, 15) is 0 Å². The molecule has 0 aliphatic rings. The Morgan fingerprint density at radius 1 is 0.455 bits per heavy atom. The van der Waals surface area contributed by atoms with Gasteiger partial charge in [0.2, 0.25) is 0 Å². The summed E-state index contributed by atoms with van der Waals surface area (Å²) in [4.78, 5) is 0. The molecular weight excluding hydrogens is 377 g/mol. The molecule has 0 aromatic heterocycles. The Balaban J connectivity index is 0. The zero-order valence-electron chi connectivity index (χ0n) is 11.9. The van der Waals surface area contributed by atoms with Gasteiger partial charge >= 0.3 is 33.0 Å². The zero-order valence-corrected chi connectivity index (χ0v) is 15.9. The average molecular weight is 395 g/mol. The van der Waals surface area contributed by atoms with E-state index in [-0.39, 0.29) is 9.90 Å². The molecule has 3 rings (SSSR count). The molecule has 22 heavy (non-hydrogen) atoms. The molecule has 0 spiro atoms. The van der Waals surface area contributed by atoms with Crippen molar-refractivity contribution in [1.29, 1.82) is 0 Å². The van der Waals surface area contributed by atoms with Crippen LogP contribution >= 0.6 is 30.3 Å². The summed E-state index contributed by atoms with van der Waals surface area (Å²) in [7, 11) is 9.40. The smallest absolute Gasteiger partial charge is 0.171 e. The third-order valence-electron chi connectivity index (χ3n) is 1.82. The number of benzene rings is 3. The largest absolute Gasteiger partial charge is 0.184 e. The first-order chi connectivity index (χ1) is 10.4. The number of hydrogen-bond donors (Lipinski definition) is 0. The SMILES string of the molecule is P.[Cl][Ni][Cl].[c-]1ccccc1.[c-]1ccccc1.[c-]1ccccc1. The first kappa shape index (κ1) is 23.4. The van der Waals surface area contributed by atoms with Crippen molar-refractivity contribution >= 4 is 30.3 Å². The third-order valence-corrected chi connectivity index (χ3v) is 1.82. The average Bonchev–Trinajstić information content (AvgIpc) is 2.61. The predicted octanol–water partition coefficient (Wildman–Crippen LogP) is 5.89. The van der Waals surface area contributed by atoms with Gasteiger partial charge in [-0.15, -0.1) is 0 Å². The van der Waals surface area contributed by atoms with Crippen molar-refractivity contribution in [2.45, 2.75) is 0 Å². The molecule has 3 aromatic carbocycles. The van der Waals surface area contributed by atoms with Crippen LogP contribution in [0.4, 0.5) is 0 Å². The van der Waals surface area contributed by atoms with Gasteiger partial charge in [0, 0.05) is 0 Å². The van der Waals surface area contributed by atoms with E-state index >= 15 is 0 Å². The summed E-state index contributed by atoms with van der Waals surface area (Å²) in [6, 6.07) is 37.5. The summed E-state index contributed by atoms with van der Waals surface area (Å²) < 4.78 is 0. The quantitative estimate of drug-likeness (QED) is 0.253. The molecule has 1 unspecified atom stereocenters. The van der Waals surface area contributed by atoms with Crippen LogP contribution < -0.4 is 0 Å². The van der Waals surface area contributed by atoms with Crippen LogP contribution in [0.2, 0.25) is 0 Å². The van der Waals surface area contributed by atoms with E-state index < -0.39 is 0 Å². The molecule has 0 amide bonds. The van der Waals surface area contributed by atoms with Crippen molar-refractivity contribution < 1.29 is 12.7 Å². The maximum absolute atomic E-state index is 4.70. The van der Waals surface area contributed by atoms with Crippen LogP contribution in [0.25, 0.3) is 0 Å². The normalized spacial score (nSPS) is 7.55. The van der Waals surface area contributed by atoms with Gasteiger partial charge in [0.05, 0.1) is 0 Å². The van der Waals surface area contributed by atoms with E-state index in [2.05, 4.69) is 18.2 Å². The first-order valence-electron chi connectivity index (χ1n) is 5.97. The summed E-state index contributed by atoms with van der Waals surface area (Å²) >= 11 is 0.569. The maximum atomic E-state index is 4.70. The van der Waals surface area contributed by atoms with Crippen LogP contribution in [0.15, 0.2) is 91.0 Å². The molecule has 3 aromatic rings. The monoisotopic (exact) mass is 393 g/mol. The summed E-state index contributed by atoms with van der Waals surface area (Å²) in [5, 5.41) is 0. The second-order valence-corrected chi connectivity index (χ2v) is 4.91. The van der Waals surface area contributed by atoms with Crippen molar-refractivity contribution in [2.75, 3.05) is 0 Å². The van der Waals surface area contributed by atoms with Crippen LogP contribution in [0.1, 0.15) is 0 Å². The summed E-state index contributed by atoms with van der Waals surface area (Å²) in [5.41, 5.74) is 0. The minimum atomic E-state index is 0.